The number of hydrogen-bond acceptors (Lipinski definition) is 0. The van der Waals surface area contributed by atoms with Crippen molar-refractivity contribution in [1.82, 2.24) is 0 Å². The molecule has 0 nitrogen and oxygen atoms in total. The zero-order valence-corrected chi connectivity index (χ0v) is 5.41. The second-order valence-electron chi connectivity index (χ2n) is 0.770. The van der Waals surface area contributed by atoms with Crippen LogP contribution in [-0.4, -0.2) is 9.52 Å². The molecule has 0 radical (unpaired) electrons. The van der Waals surface area contributed by atoms with E-state index in [1.165, 1.54) is 0 Å². The van der Waals surface area contributed by atoms with Crippen LogP contribution in [0.3, 0.4) is 0 Å². The molecule has 0 N–H and O–H groups in total. The van der Waals surface area contributed by atoms with E-state index in [9.17, 15) is 0 Å². The Morgan fingerprint density at radius 2 is 2.40 bits per heavy atom. The predicted molar refractivity (Wildman–Crippen MR) is 29.4 cm³/mol. The fourth-order valence-corrected chi connectivity index (χ4v) is 0.802. The van der Waals surface area contributed by atoms with E-state index in [1.807, 2.05) is 5.70 Å². The molecule has 0 heterocycles. The molecule has 0 unspecified atom stereocenters. The van der Waals surface area contributed by atoms with Gasteiger partial charge in [0.2, 0.25) is 0 Å². The van der Waals surface area contributed by atoms with Crippen molar-refractivity contribution < 1.29 is 0 Å². The fraction of sp³-hybridized carbons (Fsp3) is 0.333. The maximum Gasteiger partial charge on any atom is 0.0435 e. The summed E-state index contributed by atoms with van der Waals surface area (Å²) < 4.78 is 0. The van der Waals surface area contributed by atoms with Gasteiger partial charge in [-0.2, -0.15) is 0 Å². The minimum Gasteiger partial charge on any atom is -0.0937 e. The van der Waals surface area contributed by atoms with Crippen LogP contribution in [-0.2, 0) is 0 Å². The first kappa shape index (κ1) is 5.25. The Bertz CT molecular complexity index is 33.9. The van der Waals surface area contributed by atoms with E-state index in [1.54, 1.807) is 5.54 Å². The molecular formula is C3H7ClSi. The van der Waals surface area contributed by atoms with Crippen molar-refractivity contribution in [1.29, 1.82) is 0 Å². The molecule has 0 aliphatic carbocycles. The molecule has 0 rings (SSSR count). The molecule has 0 saturated carbocycles. The van der Waals surface area contributed by atoms with Crippen LogP contribution in [0.2, 0.25) is 6.55 Å². The molecule has 0 saturated heterocycles. The Hall–Kier alpha value is 0.247. The molecule has 0 fully saturated rings. The van der Waals surface area contributed by atoms with Crippen molar-refractivity contribution >= 4 is 21.1 Å². The van der Waals surface area contributed by atoms with Crippen molar-refractivity contribution in [2.24, 2.45) is 0 Å². The number of rotatable bonds is 1. The van der Waals surface area contributed by atoms with Crippen LogP contribution < -0.4 is 0 Å². The molecule has 0 atom stereocenters. The van der Waals surface area contributed by atoms with Gasteiger partial charge in [-0.05, 0) is 5.54 Å². The van der Waals surface area contributed by atoms with Crippen LogP contribution in [0.15, 0.2) is 11.2 Å². The Balaban J connectivity index is 2.62. The zero-order valence-electron chi connectivity index (χ0n) is 3.24. The Morgan fingerprint density at radius 3 is 2.40 bits per heavy atom. The minimum absolute atomic E-state index is 0.101. The fourth-order valence-electron chi connectivity index (χ4n) is 0.0891. The highest BCUT2D eigenvalue weighted by Gasteiger charge is 1.56. The van der Waals surface area contributed by atoms with E-state index in [2.05, 4.69) is 6.55 Å². The van der Waals surface area contributed by atoms with Crippen LogP contribution >= 0.6 is 11.6 Å². The second-order valence-corrected chi connectivity index (χ2v) is 2.31. The molecule has 0 aromatic heterocycles. The molecule has 0 aromatic carbocycles. The normalized spacial score (nSPS) is 12.4. The summed E-state index contributed by atoms with van der Waals surface area (Å²) in [4.78, 5) is 0. The maximum absolute atomic E-state index is 5.16. The van der Waals surface area contributed by atoms with Gasteiger partial charge in [0.05, 0.1) is 0 Å². The lowest BCUT2D eigenvalue weighted by Gasteiger charge is -1.61. The van der Waals surface area contributed by atoms with E-state index >= 15 is 0 Å². The van der Waals surface area contributed by atoms with Crippen molar-refractivity contribution in [2.45, 2.75) is 6.55 Å². The van der Waals surface area contributed by atoms with Gasteiger partial charge in [0.25, 0.3) is 0 Å². The monoisotopic (exact) mass is 106 g/mol. The van der Waals surface area contributed by atoms with Gasteiger partial charge in [0, 0.05) is 9.52 Å². The Labute approximate surface area is 39.7 Å². The quantitative estimate of drug-likeness (QED) is 0.436. The van der Waals surface area contributed by atoms with Crippen LogP contribution in [0.4, 0.5) is 0 Å². The Kier molecular flexibility index (Phi) is 4.46. The standard InChI is InChI=1S/C3H7ClSi/c1-5-3-2-4/h2-3H,5H2,1H3. The maximum atomic E-state index is 5.16. The first-order valence-electron chi connectivity index (χ1n) is 1.67. The second kappa shape index (κ2) is 4.25. The van der Waals surface area contributed by atoms with Crippen molar-refractivity contribution in [3.05, 3.63) is 11.2 Å². The molecule has 2 heteroatoms. The minimum atomic E-state index is 0.101. The number of halogens is 1. The highest BCUT2D eigenvalue weighted by atomic mass is 35.5. The van der Waals surface area contributed by atoms with Crippen molar-refractivity contribution in [3.8, 4) is 0 Å². The van der Waals surface area contributed by atoms with Crippen molar-refractivity contribution in [2.75, 3.05) is 0 Å². The summed E-state index contributed by atoms with van der Waals surface area (Å²) in [6.07, 6.45) is 0. The Morgan fingerprint density at radius 1 is 1.80 bits per heavy atom. The lowest BCUT2D eigenvalue weighted by atomic mass is 11.3. The van der Waals surface area contributed by atoms with Gasteiger partial charge < -0.3 is 0 Å². The third-order valence-electron chi connectivity index (χ3n) is 0.325. The highest BCUT2D eigenvalue weighted by Crippen LogP contribution is 1.72. The molecule has 0 aliphatic rings. The molecule has 0 bridgehead atoms. The number of hydrogen-bond donors (Lipinski definition) is 0. The average molecular weight is 107 g/mol. The van der Waals surface area contributed by atoms with E-state index in [-0.39, 0.29) is 9.52 Å². The van der Waals surface area contributed by atoms with Crippen LogP contribution in [0.5, 0.6) is 0 Å². The largest absolute Gasteiger partial charge is 0.0937 e. The van der Waals surface area contributed by atoms with Gasteiger partial charge in [0.15, 0.2) is 0 Å². The van der Waals surface area contributed by atoms with E-state index in [4.69, 9.17) is 11.6 Å². The first-order valence-corrected chi connectivity index (χ1v) is 4.33. The summed E-state index contributed by atoms with van der Waals surface area (Å²) >= 11 is 5.16. The van der Waals surface area contributed by atoms with Crippen molar-refractivity contribution in [3.63, 3.8) is 0 Å². The molecule has 30 valence electrons. The molecule has 0 spiro atoms. The lowest BCUT2D eigenvalue weighted by molar-refractivity contribution is 2.24. The van der Waals surface area contributed by atoms with Gasteiger partial charge in [-0.1, -0.05) is 23.8 Å². The molecule has 0 aliphatic heterocycles. The van der Waals surface area contributed by atoms with Gasteiger partial charge in [-0.3, -0.25) is 0 Å². The summed E-state index contributed by atoms with van der Waals surface area (Å²) in [5.74, 6) is 0. The van der Waals surface area contributed by atoms with Crippen LogP contribution in [0.1, 0.15) is 0 Å². The average Bonchev–Trinajstić information content (AvgIpc) is 1.41. The molecule has 5 heavy (non-hydrogen) atoms. The van der Waals surface area contributed by atoms with Gasteiger partial charge in [-0.15, -0.1) is 0 Å². The SMILES string of the molecule is C[SiH2]C=CCl. The highest BCUT2D eigenvalue weighted by molar-refractivity contribution is 6.43. The van der Waals surface area contributed by atoms with E-state index in [0.29, 0.717) is 0 Å². The first-order chi connectivity index (χ1) is 2.41. The third kappa shape index (κ3) is 4.25. The topological polar surface area (TPSA) is 0 Å². The predicted octanol–water partition coefficient (Wildman–Crippen LogP) is 0.913. The summed E-state index contributed by atoms with van der Waals surface area (Å²) in [5.41, 5.74) is 3.62. The third-order valence-corrected chi connectivity index (χ3v) is 1.51. The van der Waals surface area contributed by atoms with Gasteiger partial charge in [-0.25, -0.2) is 0 Å². The zero-order chi connectivity index (χ0) is 4.12. The van der Waals surface area contributed by atoms with Crippen LogP contribution in [0, 0.1) is 0 Å². The molecule has 0 amide bonds. The van der Waals surface area contributed by atoms with Gasteiger partial charge >= 0.3 is 0 Å². The molecular weight excluding hydrogens is 99.6 g/mol. The van der Waals surface area contributed by atoms with Gasteiger partial charge in [0.1, 0.15) is 0 Å². The summed E-state index contributed by atoms with van der Waals surface area (Å²) in [6.45, 7) is 2.18. The smallest absolute Gasteiger partial charge is 0.0435 e. The molecule has 0 aromatic rings. The van der Waals surface area contributed by atoms with Crippen LogP contribution in [0.25, 0.3) is 0 Å². The van der Waals surface area contributed by atoms with E-state index < -0.39 is 0 Å². The summed E-state index contributed by atoms with van der Waals surface area (Å²) in [5, 5.41) is 0. The summed E-state index contributed by atoms with van der Waals surface area (Å²) in [6, 6.07) is 0. The lowest BCUT2D eigenvalue weighted by Crippen LogP contribution is -1.63. The van der Waals surface area contributed by atoms with E-state index in [0.717, 1.165) is 0 Å². The summed E-state index contributed by atoms with van der Waals surface area (Å²) in [7, 11) is 0.101.